The first-order valence-electron chi connectivity index (χ1n) is 14.3. The lowest BCUT2D eigenvalue weighted by atomic mass is 10.1. The molecule has 8 nitrogen and oxygen atoms in total. The number of urea groups is 1. The number of nitrogens with zero attached hydrogens (tertiary/aromatic N) is 1. The number of hydrogen-bond donors (Lipinski definition) is 1. The second kappa shape index (κ2) is 13.8. The molecule has 47 heavy (non-hydrogen) atoms. The third kappa shape index (κ3) is 6.90. The van der Waals surface area contributed by atoms with E-state index in [2.05, 4.69) is 5.32 Å². The number of hydrogen-bond acceptors (Lipinski definition) is 6. The fourth-order valence-electron chi connectivity index (χ4n) is 5.08. The summed E-state index contributed by atoms with van der Waals surface area (Å²) in [5.41, 5.74) is 2.05. The van der Waals surface area contributed by atoms with E-state index in [-0.39, 0.29) is 29.5 Å². The van der Waals surface area contributed by atoms with Crippen molar-refractivity contribution in [3.05, 3.63) is 134 Å². The van der Waals surface area contributed by atoms with Crippen LogP contribution in [0.15, 0.2) is 103 Å². The highest BCUT2D eigenvalue weighted by Gasteiger charge is 2.37. The smallest absolute Gasteiger partial charge is 0.335 e. The molecule has 6 rings (SSSR count). The van der Waals surface area contributed by atoms with E-state index in [1.54, 1.807) is 42.5 Å². The third-order valence-electron chi connectivity index (χ3n) is 7.42. The van der Waals surface area contributed by atoms with Gasteiger partial charge in [0.25, 0.3) is 11.8 Å². The minimum absolute atomic E-state index is 0.179. The first kappa shape index (κ1) is 31.9. The van der Waals surface area contributed by atoms with Gasteiger partial charge in [0.2, 0.25) is 0 Å². The predicted molar refractivity (Wildman–Crippen MR) is 183 cm³/mol. The number of rotatable bonds is 9. The van der Waals surface area contributed by atoms with Crippen LogP contribution in [0.25, 0.3) is 16.8 Å². The number of amides is 4. The van der Waals surface area contributed by atoms with Crippen molar-refractivity contribution in [2.24, 2.45) is 0 Å². The zero-order valence-electron chi connectivity index (χ0n) is 24.8. The van der Waals surface area contributed by atoms with Crippen LogP contribution < -0.4 is 24.4 Å². The Labute approximate surface area is 285 Å². The highest BCUT2D eigenvalue weighted by Crippen LogP contribution is 2.38. The van der Waals surface area contributed by atoms with Crippen LogP contribution in [0.5, 0.6) is 17.2 Å². The maximum atomic E-state index is 13.5. The summed E-state index contributed by atoms with van der Waals surface area (Å²) < 4.78 is 17.4. The second-order valence-corrected chi connectivity index (χ2v) is 11.7. The van der Waals surface area contributed by atoms with E-state index in [1.807, 2.05) is 42.5 Å². The molecule has 0 radical (unpaired) electrons. The van der Waals surface area contributed by atoms with E-state index in [0.717, 1.165) is 26.8 Å². The van der Waals surface area contributed by atoms with Gasteiger partial charge in [-0.25, -0.2) is 9.69 Å². The van der Waals surface area contributed by atoms with Gasteiger partial charge in [0.1, 0.15) is 24.5 Å². The monoisotopic (exact) mass is 686 g/mol. The zero-order chi connectivity index (χ0) is 33.1. The molecular formula is C36H25Cl3N2O6. The highest BCUT2D eigenvalue weighted by molar-refractivity contribution is 6.39. The van der Waals surface area contributed by atoms with Crippen molar-refractivity contribution < 1.29 is 28.6 Å². The fourth-order valence-corrected chi connectivity index (χ4v) is 5.82. The van der Waals surface area contributed by atoms with Crippen LogP contribution >= 0.6 is 34.8 Å². The molecule has 1 fully saturated rings. The SMILES string of the molecule is COc1cc(/C=C2\C(=O)NC(=O)N(c3ccc(OCc4ccc(Cl)cc4Cl)cc3)C2=O)cc(Cl)c1OCc1cccc2ccccc12. The van der Waals surface area contributed by atoms with Crippen molar-refractivity contribution >= 4 is 75.2 Å². The summed E-state index contributed by atoms with van der Waals surface area (Å²) in [4.78, 5) is 40.0. The molecule has 0 aromatic heterocycles. The largest absolute Gasteiger partial charge is 0.493 e. The fraction of sp³-hybridized carbons (Fsp3) is 0.0833. The molecule has 1 heterocycles. The van der Waals surface area contributed by atoms with Gasteiger partial charge in [-0.1, -0.05) is 83.3 Å². The van der Waals surface area contributed by atoms with Crippen LogP contribution in [-0.4, -0.2) is 25.0 Å². The summed E-state index contributed by atoms with van der Waals surface area (Å²) in [7, 11) is 1.46. The van der Waals surface area contributed by atoms with Gasteiger partial charge < -0.3 is 14.2 Å². The van der Waals surface area contributed by atoms with Crippen molar-refractivity contribution in [2.75, 3.05) is 12.0 Å². The number of carbonyl (C=O) groups is 3. The molecule has 0 atom stereocenters. The summed E-state index contributed by atoms with van der Waals surface area (Å²) in [6.45, 7) is 0.410. The predicted octanol–water partition coefficient (Wildman–Crippen LogP) is 8.63. The Morgan fingerprint density at radius 2 is 1.51 bits per heavy atom. The standard InChI is InChI=1S/C36H25Cl3N2O6/c1-45-32-17-21(16-31(39)33(32)47-19-23-7-4-6-22-5-2-3-8-28(22)23)15-29-34(42)40-36(44)41(35(29)43)26-11-13-27(14-12-26)46-20-24-9-10-25(37)18-30(24)38/h2-18H,19-20H2,1H3,(H,40,42,44)/b29-15+. The van der Waals surface area contributed by atoms with Crippen LogP contribution in [0.1, 0.15) is 16.7 Å². The summed E-state index contributed by atoms with van der Waals surface area (Å²) in [5.74, 6) is -0.576. The van der Waals surface area contributed by atoms with Crippen LogP contribution in [-0.2, 0) is 22.8 Å². The van der Waals surface area contributed by atoms with Crippen LogP contribution in [0.4, 0.5) is 10.5 Å². The number of ether oxygens (including phenoxy) is 3. The van der Waals surface area contributed by atoms with Gasteiger partial charge in [0, 0.05) is 15.6 Å². The average molecular weight is 688 g/mol. The Kier molecular flexibility index (Phi) is 9.36. The molecule has 1 aliphatic rings. The second-order valence-electron chi connectivity index (χ2n) is 10.4. The lowest BCUT2D eigenvalue weighted by Crippen LogP contribution is -2.54. The van der Waals surface area contributed by atoms with Crippen molar-refractivity contribution in [1.82, 2.24) is 5.32 Å². The molecule has 1 N–H and O–H groups in total. The Morgan fingerprint density at radius 1 is 0.766 bits per heavy atom. The van der Waals surface area contributed by atoms with Crippen molar-refractivity contribution in [2.45, 2.75) is 13.2 Å². The van der Waals surface area contributed by atoms with E-state index >= 15 is 0 Å². The number of benzene rings is 5. The first-order valence-corrected chi connectivity index (χ1v) is 15.4. The minimum Gasteiger partial charge on any atom is -0.493 e. The molecule has 1 saturated heterocycles. The molecule has 5 aromatic carbocycles. The van der Waals surface area contributed by atoms with E-state index in [9.17, 15) is 14.4 Å². The first-order chi connectivity index (χ1) is 22.7. The normalized spacial score (nSPS) is 14.0. The van der Waals surface area contributed by atoms with Gasteiger partial charge in [-0.05, 0) is 76.5 Å². The molecule has 236 valence electrons. The lowest BCUT2D eigenvalue weighted by Gasteiger charge is -2.26. The number of methoxy groups -OCH3 is 1. The number of halogens is 3. The molecule has 0 aliphatic carbocycles. The molecule has 0 bridgehead atoms. The van der Waals surface area contributed by atoms with Crippen LogP contribution in [0.2, 0.25) is 15.1 Å². The third-order valence-corrected chi connectivity index (χ3v) is 8.29. The Bertz CT molecular complexity index is 2060. The molecule has 11 heteroatoms. The molecule has 1 aliphatic heterocycles. The Balaban J connectivity index is 1.20. The molecule has 0 saturated carbocycles. The van der Waals surface area contributed by atoms with Gasteiger partial charge in [0.15, 0.2) is 11.5 Å². The maximum Gasteiger partial charge on any atom is 0.335 e. The van der Waals surface area contributed by atoms with Crippen molar-refractivity contribution in [1.29, 1.82) is 0 Å². The number of carbonyl (C=O) groups excluding carboxylic acids is 3. The quantitative estimate of drug-likeness (QED) is 0.123. The van der Waals surface area contributed by atoms with E-state index < -0.39 is 17.8 Å². The number of anilines is 1. The molecule has 5 aromatic rings. The van der Waals surface area contributed by atoms with Crippen molar-refractivity contribution in [3.63, 3.8) is 0 Å². The van der Waals surface area contributed by atoms with Gasteiger partial charge in [0.05, 0.1) is 17.8 Å². The van der Waals surface area contributed by atoms with Gasteiger partial charge in [-0.2, -0.15) is 0 Å². The van der Waals surface area contributed by atoms with E-state index in [1.165, 1.54) is 25.3 Å². The van der Waals surface area contributed by atoms with E-state index in [0.29, 0.717) is 32.9 Å². The van der Waals surface area contributed by atoms with E-state index in [4.69, 9.17) is 49.0 Å². The summed E-state index contributed by atoms with van der Waals surface area (Å²) in [5, 5.41) is 5.55. The van der Waals surface area contributed by atoms with Crippen molar-refractivity contribution in [3.8, 4) is 17.2 Å². The highest BCUT2D eigenvalue weighted by atomic mass is 35.5. The lowest BCUT2D eigenvalue weighted by molar-refractivity contribution is -0.122. The average Bonchev–Trinajstić information content (AvgIpc) is 3.06. The topological polar surface area (TPSA) is 94.2 Å². The summed E-state index contributed by atoms with van der Waals surface area (Å²) in [6, 6.07) is 27.5. The Morgan fingerprint density at radius 3 is 2.28 bits per heavy atom. The number of barbiturate groups is 1. The number of nitrogens with one attached hydrogen (secondary N) is 1. The summed E-state index contributed by atoms with van der Waals surface area (Å²) in [6.07, 6.45) is 1.34. The summed E-state index contributed by atoms with van der Waals surface area (Å²) >= 11 is 18.8. The molecule has 0 unspecified atom stereocenters. The van der Waals surface area contributed by atoms with Crippen LogP contribution in [0, 0.1) is 0 Å². The Hall–Kier alpha value is -5.02. The number of fused-ring (bicyclic) bond motifs is 1. The molecule has 4 amide bonds. The van der Waals surface area contributed by atoms with Gasteiger partial charge in [-0.15, -0.1) is 0 Å². The minimum atomic E-state index is -0.883. The molecule has 0 spiro atoms. The van der Waals surface area contributed by atoms with Crippen LogP contribution in [0.3, 0.4) is 0 Å². The zero-order valence-corrected chi connectivity index (χ0v) is 27.0. The maximum absolute atomic E-state index is 13.5. The van der Waals surface area contributed by atoms with Gasteiger partial charge >= 0.3 is 6.03 Å². The molecular weight excluding hydrogens is 663 g/mol. The number of imide groups is 2. The van der Waals surface area contributed by atoms with Gasteiger partial charge in [-0.3, -0.25) is 14.9 Å².